The summed E-state index contributed by atoms with van der Waals surface area (Å²) in [4.78, 5) is 12.7. The highest BCUT2D eigenvalue weighted by Crippen LogP contribution is 2.32. The minimum atomic E-state index is -0.959. The molecule has 6 heteroatoms. The van der Waals surface area contributed by atoms with E-state index in [9.17, 15) is 9.00 Å². The Morgan fingerprint density at radius 2 is 1.85 bits per heavy atom. The molecule has 1 aromatic heterocycles. The molecule has 1 atom stereocenters. The molecule has 1 aliphatic heterocycles. The topological polar surface area (TPSA) is 64.0 Å². The van der Waals surface area contributed by atoms with E-state index in [1.807, 2.05) is 50.2 Å². The first kappa shape index (κ1) is 16.7. The number of anilines is 1. The fourth-order valence-corrected chi connectivity index (χ4v) is 4.43. The lowest BCUT2D eigenvalue weighted by Crippen LogP contribution is -2.17. The quantitative estimate of drug-likeness (QED) is 0.773. The zero-order valence-corrected chi connectivity index (χ0v) is 15.5. The molecule has 1 aliphatic rings. The van der Waals surface area contributed by atoms with Gasteiger partial charge < -0.3 is 5.32 Å². The number of nitrogens with one attached hydrogen (secondary N) is 1. The van der Waals surface area contributed by atoms with Gasteiger partial charge in [0.25, 0.3) is 5.91 Å². The summed E-state index contributed by atoms with van der Waals surface area (Å²) in [7, 11) is -0.959. The molecule has 2 heterocycles. The van der Waals surface area contributed by atoms with Crippen molar-refractivity contribution in [2.24, 2.45) is 0 Å². The summed E-state index contributed by atoms with van der Waals surface area (Å²) in [5, 5.41) is 7.67. The van der Waals surface area contributed by atoms with Gasteiger partial charge in [0, 0.05) is 21.9 Å². The van der Waals surface area contributed by atoms with Crippen LogP contribution in [0.2, 0.25) is 0 Å². The fraction of sp³-hybridized carbons (Fsp3) is 0.200. The number of carbonyl (C=O) groups excluding carboxylic acids is 1. The third-order valence-corrected chi connectivity index (χ3v) is 5.95. The maximum atomic E-state index is 12.7. The molecule has 0 saturated carbocycles. The second kappa shape index (κ2) is 6.53. The number of benzene rings is 2. The van der Waals surface area contributed by atoms with Crippen molar-refractivity contribution in [3.63, 3.8) is 0 Å². The van der Waals surface area contributed by atoms with Crippen molar-refractivity contribution < 1.29 is 9.00 Å². The van der Waals surface area contributed by atoms with E-state index in [1.165, 1.54) is 0 Å². The first-order valence-electron chi connectivity index (χ1n) is 8.43. The zero-order valence-electron chi connectivity index (χ0n) is 14.7. The molecule has 1 amide bonds. The average molecular weight is 365 g/mol. The van der Waals surface area contributed by atoms with E-state index in [4.69, 9.17) is 0 Å². The SMILES string of the molecule is Cc1cccc(-n2nc3c(c2NC(=O)c2ccccc2)CS(=O)C3)c1C. The third-order valence-electron chi connectivity index (χ3n) is 4.74. The smallest absolute Gasteiger partial charge is 0.256 e. The van der Waals surface area contributed by atoms with Crippen LogP contribution in [0.5, 0.6) is 0 Å². The average Bonchev–Trinajstić information content (AvgIpc) is 3.15. The largest absolute Gasteiger partial charge is 0.306 e. The van der Waals surface area contributed by atoms with Gasteiger partial charge in [0.15, 0.2) is 0 Å². The first-order valence-corrected chi connectivity index (χ1v) is 9.92. The van der Waals surface area contributed by atoms with Crippen molar-refractivity contribution in [1.82, 2.24) is 9.78 Å². The molecule has 0 saturated heterocycles. The first-order chi connectivity index (χ1) is 12.5. The summed E-state index contributed by atoms with van der Waals surface area (Å²) < 4.78 is 13.8. The van der Waals surface area contributed by atoms with Crippen LogP contribution in [0, 0.1) is 13.8 Å². The van der Waals surface area contributed by atoms with Crippen molar-refractivity contribution in [2.45, 2.75) is 25.4 Å². The number of fused-ring (bicyclic) bond motifs is 1. The number of aryl methyl sites for hydroxylation is 1. The van der Waals surface area contributed by atoms with Crippen LogP contribution in [0.15, 0.2) is 48.5 Å². The highest BCUT2D eigenvalue weighted by Gasteiger charge is 2.29. The Bertz CT molecular complexity index is 1030. The maximum Gasteiger partial charge on any atom is 0.256 e. The highest BCUT2D eigenvalue weighted by atomic mass is 32.2. The van der Waals surface area contributed by atoms with Gasteiger partial charge in [-0.05, 0) is 43.2 Å². The Balaban J connectivity index is 1.81. The summed E-state index contributed by atoms with van der Waals surface area (Å²) in [6.07, 6.45) is 0. The van der Waals surface area contributed by atoms with Crippen molar-refractivity contribution in [3.8, 4) is 5.69 Å². The van der Waals surface area contributed by atoms with E-state index in [0.717, 1.165) is 28.1 Å². The Morgan fingerprint density at radius 3 is 2.62 bits per heavy atom. The van der Waals surface area contributed by atoms with Crippen molar-refractivity contribution in [2.75, 3.05) is 5.32 Å². The molecule has 0 bridgehead atoms. The number of hydrogen-bond donors (Lipinski definition) is 1. The van der Waals surface area contributed by atoms with Crippen LogP contribution in [0.4, 0.5) is 5.82 Å². The van der Waals surface area contributed by atoms with Crippen LogP contribution >= 0.6 is 0 Å². The number of nitrogens with zero attached hydrogens (tertiary/aromatic N) is 2. The summed E-state index contributed by atoms with van der Waals surface area (Å²) in [5.74, 6) is 1.28. The molecule has 4 rings (SSSR count). The predicted molar refractivity (Wildman–Crippen MR) is 103 cm³/mol. The van der Waals surface area contributed by atoms with Gasteiger partial charge in [0.05, 0.1) is 22.9 Å². The van der Waals surface area contributed by atoms with Gasteiger partial charge in [0.2, 0.25) is 0 Å². The lowest BCUT2D eigenvalue weighted by Gasteiger charge is -2.14. The van der Waals surface area contributed by atoms with Gasteiger partial charge in [-0.15, -0.1) is 0 Å². The molecule has 3 aromatic rings. The van der Waals surface area contributed by atoms with E-state index in [1.54, 1.807) is 16.8 Å². The number of amides is 1. The number of hydrogen-bond acceptors (Lipinski definition) is 3. The van der Waals surface area contributed by atoms with Gasteiger partial charge in [-0.25, -0.2) is 4.68 Å². The van der Waals surface area contributed by atoms with E-state index >= 15 is 0 Å². The molecular formula is C20H19N3O2S. The van der Waals surface area contributed by atoms with E-state index in [-0.39, 0.29) is 5.91 Å². The lowest BCUT2D eigenvalue weighted by molar-refractivity contribution is 0.102. The monoisotopic (exact) mass is 365 g/mol. The molecule has 0 fully saturated rings. The van der Waals surface area contributed by atoms with Crippen LogP contribution in [0.1, 0.15) is 32.7 Å². The fourth-order valence-electron chi connectivity index (χ4n) is 3.16. The molecule has 5 nitrogen and oxygen atoms in total. The number of aromatic nitrogens is 2. The highest BCUT2D eigenvalue weighted by molar-refractivity contribution is 7.83. The molecule has 26 heavy (non-hydrogen) atoms. The normalized spacial score (nSPS) is 15.7. The van der Waals surface area contributed by atoms with Crippen molar-refractivity contribution >= 4 is 22.5 Å². The Hall–Kier alpha value is -2.73. The van der Waals surface area contributed by atoms with Crippen LogP contribution in [-0.2, 0) is 22.3 Å². The van der Waals surface area contributed by atoms with Gasteiger partial charge in [-0.3, -0.25) is 9.00 Å². The zero-order chi connectivity index (χ0) is 18.3. The van der Waals surface area contributed by atoms with Crippen molar-refractivity contribution in [1.29, 1.82) is 0 Å². The Morgan fingerprint density at radius 1 is 1.08 bits per heavy atom. The summed E-state index contributed by atoms with van der Waals surface area (Å²) >= 11 is 0. The van der Waals surface area contributed by atoms with Gasteiger partial charge in [-0.1, -0.05) is 30.3 Å². The minimum absolute atomic E-state index is 0.197. The van der Waals surface area contributed by atoms with Crippen LogP contribution in [0.3, 0.4) is 0 Å². The summed E-state index contributed by atoms with van der Waals surface area (Å²) in [6.45, 7) is 4.09. The standard InChI is InChI=1S/C20H19N3O2S/c1-13-7-6-10-18(14(13)2)23-19(16-11-26(25)12-17(16)22-23)21-20(24)15-8-4-3-5-9-15/h3-10H,11-12H2,1-2H3,(H,21,24). The van der Waals surface area contributed by atoms with Gasteiger partial charge in [-0.2, -0.15) is 5.10 Å². The van der Waals surface area contributed by atoms with Crippen molar-refractivity contribution in [3.05, 3.63) is 76.5 Å². The Kier molecular flexibility index (Phi) is 4.20. The van der Waals surface area contributed by atoms with E-state index < -0.39 is 10.8 Å². The maximum absolute atomic E-state index is 12.7. The van der Waals surface area contributed by atoms with Crippen LogP contribution < -0.4 is 5.32 Å². The molecular weight excluding hydrogens is 346 g/mol. The van der Waals surface area contributed by atoms with E-state index in [2.05, 4.69) is 10.4 Å². The summed E-state index contributed by atoms with van der Waals surface area (Å²) in [6, 6.07) is 15.1. The molecule has 1 N–H and O–H groups in total. The molecule has 132 valence electrons. The van der Waals surface area contributed by atoms with Gasteiger partial charge >= 0.3 is 0 Å². The number of carbonyl (C=O) groups is 1. The number of rotatable bonds is 3. The van der Waals surface area contributed by atoms with Crippen LogP contribution in [0.25, 0.3) is 5.69 Å². The third kappa shape index (κ3) is 2.86. The second-order valence-corrected chi connectivity index (χ2v) is 7.91. The van der Waals surface area contributed by atoms with E-state index in [0.29, 0.717) is 22.9 Å². The lowest BCUT2D eigenvalue weighted by atomic mass is 10.1. The minimum Gasteiger partial charge on any atom is -0.306 e. The molecule has 0 aliphatic carbocycles. The predicted octanol–water partition coefficient (Wildman–Crippen LogP) is 3.50. The molecule has 2 aromatic carbocycles. The molecule has 0 radical (unpaired) electrons. The van der Waals surface area contributed by atoms with Gasteiger partial charge in [0.1, 0.15) is 5.82 Å². The van der Waals surface area contributed by atoms with Crippen LogP contribution in [-0.4, -0.2) is 19.9 Å². The molecule has 0 spiro atoms. The summed E-state index contributed by atoms with van der Waals surface area (Å²) in [5.41, 5.74) is 5.43. The second-order valence-electron chi connectivity index (χ2n) is 6.45. The Labute approximate surface area is 154 Å². The molecule has 1 unspecified atom stereocenters.